The Morgan fingerprint density at radius 1 is 0.956 bits per heavy atom. The quantitative estimate of drug-likeness (QED) is 0.265. The Labute approximate surface area is 269 Å². The van der Waals surface area contributed by atoms with Crippen molar-refractivity contribution in [2.75, 3.05) is 7.11 Å². The lowest BCUT2D eigenvalue weighted by Crippen LogP contribution is -2.48. The van der Waals surface area contributed by atoms with Crippen molar-refractivity contribution in [3.05, 3.63) is 94.2 Å². The minimum atomic E-state index is -1.02. The van der Waals surface area contributed by atoms with Gasteiger partial charge in [0.2, 0.25) is 11.8 Å². The zero-order valence-corrected chi connectivity index (χ0v) is 28.6. The van der Waals surface area contributed by atoms with Gasteiger partial charge in [-0.25, -0.2) is 9.78 Å². The Balaban J connectivity index is 1.88. The molecular formula is C38H51N3O4. The fourth-order valence-electron chi connectivity index (χ4n) is 6.88. The molecule has 4 atom stereocenters. The number of amides is 1. The number of pyridine rings is 1. The van der Waals surface area contributed by atoms with Crippen LogP contribution in [0.1, 0.15) is 101 Å². The number of hydrogen-bond acceptors (Lipinski definition) is 5. The summed E-state index contributed by atoms with van der Waals surface area (Å²) in [6, 6.07) is 18.2. The van der Waals surface area contributed by atoms with Crippen LogP contribution in [-0.4, -0.2) is 46.1 Å². The summed E-state index contributed by atoms with van der Waals surface area (Å²) in [5, 5.41) is 14.6. The normalized spacial score (nSPS) is 20.5. The molecule has 242 valence electrons. The molecule has 7 heteroatoms. The van der Waals surface area contributed by atoms with E-state index in [0.29, 0.717) is 12.4 Å². The Morgan fingerprint density at radius 3 is 2.18 bits per heavy atom. The maximum Gasteiger partial charge on any atom is 0.326 e. The number of nitrogens with zero attached hydrogens (tertiary/aromatic N) is 2. The van der Waals surface area contributed by atoms with Gasteiger partial charge in [-0.05, 0) is 46.6 Å². The highest BCUT2D eigenvalue weighted by molar-refractivity contribution is 5.87. The maximum absolute atomic E-state index is 14.5. The molecule has 1 aliphatic rings. The molecule has 45 heavy (non-hydrogen) atoms. The highest BCUT2D eigenvalue weighted by Gasteiger charge is 2.58. The summed E-state index contributed by atoms with van der Waals surface area (Å²) in [4.78, 5) is 34.3. The third-order valence-electron chi connectivity index (χ3n) is 9.18. The minimum Gasteiger partial charge on any atom is -0.481 e. The molecule has 2 N–H and O–H groups in total. The molecule has 1 fully saturated rings. The zero-order valence-electron chi connectivity index (χ0n) is 28.6. The lowest BCUT2D eigenvalue weighted by molar-refractivity contribution is -0.152. The molecule has 2 heterocycles. The number of nitrogens with one attached hydrogen (secondary N) is 1. The van der Waals surface area contributed by atoms with E-state index in [1.807, 2.05) is 55.5 Å². The highest BCUT2D eigenvalue weighted by Crippen LogP contribution is 2.49. The second kappa shape index (κ2) is 13.3. The van der Waals surface area contributed by atoms with Gasteiger partial charge in [0.1, 0.15) is 6.04 Å². The molecule has 1 amide bonds. The standard InChI is InChI=1S/C38H51N3O4/c1-23(2)27-17-13-14-18-28(27)33-32(39-22-26-19-20-29(37(4,5)6)40-35(26)45-10)31(38(7,8)9)34(36(43)44)41(33)30(42)21-25-16-12-11-15-24(25)3/h11-20,23,31-34,39H,21-22H2,1-10H3,(H,43,44)/t31-,32-,33-,34-/m0/s1. The lowest BCUT2D eigenvalue weighted by Gasteiger charge is -2.35. The summed E-state index contributed by atoms with van der Waals surface area (Å²) in [6.07, 6.45) is 0.131. The van der Waals surface area contributed by atoms with Crippen LogP contribution in [0.4, 0.5) is 0 Å². The number of methoxy groups -OCH3 is 1. The van der Waals surface area contributed by atoms with Crippen molar-refractivity contribution in [1.82, 2.24) is 15.2 Å². The van der Waals surface area contributed by atoms with Crippen LogP contribution in [0.2, 0.25) is 0 Å². The summed E-state index contributed by atoms with van der Waals surface area (Å²) in [6.45, 7) is 19.2. The fraction of sp³-hybridized carbons (Fsp3) is 0.500. The van der Waals surface area contributed by atoms with Gasteiger partial charge in [-0.3, -0.25) is 4.79 Å². The molecule has 0 aliphatic carbocycles. The number of carboxylic acids is 1. The third-order valence-corrected chi connectivity index (χ3v) is 9.18. The maximum atomic E-state index is 14.5. The molecule has 3 aromatic rings. The first-order chi connectivity index (χ1) is 21.1. The summed E-state index contributed by atoms with van der Waals surface area (Å²) < 4.78 is 5.74. The van der Waals surface area contributed by atoms with Crippen molar-refractivity contribution >= 4 is 11.9 Å². The van der Waals surface area contributed by atoms with Crippen LogP contribution in [0, 0.1) is 18.3 Å². The molecular weight excluding hydrogens is 562 g/mol. The van der Waals surface area contributed by atoms with Gasteiger partial charge in [-0.15, -0.1) is 0 Å². The molecule has 1 aliphatic heterocycles. The predicted molar refractivity (Wildman–Crippen MR) is 179 cm³/mol. The number of aromatic nitrogens is 1. The molecule has 4 rings (SSSR count). The molecule has 0 unspecified atom stereocenters. The summed E-state index contributed by atoms with van der Waals surface area (Å²) in [5.74, 6) is -0.845. The van der Waals surface area contributed by atoms with Gasteiger partial charge in [0, 0.05) is 35.2 Å². The molecule has 2 aromatic carbocycles. The number of aliphatic carboxylic acids is 1. The van der Waals surface area contributed by atoms with Gasteiger partial charge in [0.15, 0.2) is 0 Å². The topological polar surface area (TPSA) is 91.8 Å². The van der Waals surface area contributed by atoms with Crippen molar-refractivity contribution in [2.45, 2.75) is 105 Å². The van der Waals surface area contributed by atoms with Crippen LogP contribution in [0.5, 0.6) is 5.88 Å². The van der Waals surface area contributed by atoms with Crippen LogP contribution in [0.3, 0.4) is 0 Å². The van der Waals surface area contributed by atoms with Gasteiger partial charge in [-0.2, -0.15) is 0 Å². The van der Waals surface area contributed by atoms with E-state index in [1.165, 1.54) is 0 Å². The van der Waals surface area contributed by atoms with E-state index in [-0.39, 0.29) is 29.7 Å². The van der Waals surface area contributed by atoms with E-state index in [2.05, 4.69) is 72.8 Å². The number of hydrogen-bond donors (Lipinski definition) is 2. The number of benzene rings is 2. The summed E-state index contributed by atoms with van der Waals surface area (Å²) >= 11 is 0. The van der Waals surface area contributed by atoms with Crippen LogP contribution >= 0.6 is 0 Å². The smallest absolute Gasteiger partial charge is 0.326 e. The van der Waals surface area contributed by atoms with Gasteiger partial charge in [-0.1, -0.05) is 110 Å². The van der Waals surface area contributed by atoms with E-state index in [9.17, 15) is 14.7 Å². The van der Waals surface area contributed by atoms with Gasteiger partial charge in [0.05, 0.1) is 19.6 Å². The van der Waals surface area contributed by atoms with Crippen molar-refractivity contribution in [1.29, 1.82) is 0 Å². The predicted octanol–water partition coefficient (Wildman–Crippen LogP) is 7.22. The molecule has 1 saturated heterocycles. The number of ether oxygens (including phenoxy) is 1. The minimum absolute atomic E-state index is 0.131. The van der Waals surface area contributed by atoms with Crippen molar-refractivity contribution < 1.29 is 19.4 Å². The molecule has 0 radical (unpaired) electrons. The Bertz CT molecular complexity index is 1520. The number of carbonyl (C=O) groups is 2. The molecule has 0 spiro atoms. The van der Waals surface area contributed by atoms with Gasteiger partial charge in [0.25, 0.3) is 0 Å². The first-order valence-corrected chi connectivity index (χ1v) is 16.0. The second-order valence-electron chi connectivity index (χ2n) is 14.8. The SMILES string of the molecule is COc1nc(C(C)(C)C)ccc1CN[C@H]1[C@H](C(C)(C)C)[C@@H](C(=O)O)N(C(=O)Cc2ccccc2C)[C@H]1c1ccccc1C(C)C. The first-order valence-electron chi connectivity index (χ1n) is 16.0. The molecule has 7 nitrogen and oxygen atoms in total. The van der Waals surface area contributed by atoms with E-state index < -0.39 is 29.4 Å². The monoisotopic (exact) mass is 613 g/mol. The van der Waals surface area contributed by atoms with E-state index in [0.717, 1.165) is 33.5 Å². The Hall–Kier alpha value is -3.71. The second-order valence-corrected chi connectivity index (χ2v) is 14.8. The number of carbonyl (C=O) groups excluding carboxylic acids is 1. The summed E-state index contributed by atoms with van der Waals surface area (Å²) in [7, 11) is 1.62. The molecule has 1 aromatic heterocycles. The van der Waals surface area contributed by atoms with Crippen molar-refractivity contribution in [2.24, 2.45) is 11.3 Å². The summed E-state index contributed by atoms with van der Waals surface area (Å²) in [5.41, 5.74) is 5.23. The Morgan fingerprint density at radius 2 is 1.60 bits per heavy atom. The third kappa shape index (κ3) is 7.25. The van der Waals surface area contributed by atoms with Crippen LogP contribution in [0.25, 0.3) is 0 Å². The lowest BCUT2D eigenvalue weighted by atomic mass is 9.72. The van der Waals surface area contributed by atoms with E-state index in [4.69, 9.17) is 9.72 Å². The first kappa shape index (κ1) is 34.2. The number of rotatable bonds is 9. The largest absolute Gasteiger partial charge is 0.481 e. The Kier molecular flexibility index (Phi) is 10.1. The van der Waals surface area contributed by atoms with Gasteiger partial charge >= 0.3 is 5.97 Å². The number of likely N-dealkylation sites (tertiary alicyclic amines) is 1. The van der Waals surface area contributed by atoms with Crippen LogP contribution in [-0.2, 0) is 28.0 Å². The molecule has 0 bridgehead atoms. The van der Waals surface area contributed by atoms with Crippen LogP contribution < -0.4 is 10.1 Å². The fourth-order valence-corrected chi connectivity index (χ4v) is 6.88. The molecule has 0 saturated carbocycles. The van der Waals surface area contributed by atoms with Crippen LogP contribution in [0.15, 0.2) is 60.7 Å². The average Bonchev–Trinajstić information content (AvgIpc) is 3.32. The average molecular weight is 614 g/mol. The highest BCUT2D eigenvalue weighted by atomic mass is 16.5. The number of carboxylic acid groups (broad SMARTS) is 1. The van der Waals surface area contributed by atoms with E-state index in [1.54, 1.807) is 12.0 Å². The van der Waals surface area contributed by atoms with E-state index >= 15 is 0 Å². The zero-order chi connectivity index (χ0) is 33.3. The van der Waals surface area contributed by atoms with Crippen molar-refractivity contribution in [3.63, 3.8) is 0 Å². The van der Waals surface area contributed by atoms with Crippen molar-refractivity contribution in [3.8, 4) is 5.88 Å². The number of aryl methyl sites for hydroxylation is 1. The van der Waals surface area contributed by atoms with Gasteiger partial charge < -0.3 is 20.1 Å².